The smallest absolute Gasteiger partial charge is 0.326 e. The zero-order chi connectivity index (χ0) is 20.6. The van der Waals surface area contributed by atoms with Crippen molar-refractivity contribution in [3.63, 3.8) is 0 Å². The molecule has 0 aliphatic rings. The standard InChI is InChI=1S/C15H23N5O7/c1-7(21)12(16)14(25)19-9(2-3-11(22)23)13(24)20-10(15(26)27)4-8-5-17-6-18-8/h5-7,9-10,12,21H,2-4,16H2,1H3,(H,17,18)(H,19,25)(H,20,24)(H,22,23)(H,26,27). The number of nitrogens with two attached hydrogens (primary N) is 1. The van der Waals surface area contributed by atoms with E-state index in [4.69, 9.17) is 10.8 Å². The molecule has 12 heteroatoms. The maximum atomic E-state index is 12.4. The molecule has 0 spiro atoms. The predicted molar refractivity (Wildman–Crippen MR) is 90.3 cm³/mol. The highest BCUT2D eigenvalue weighted by Crippen LogP contribution is 2.04. The van der Waals surface area contributed by atoms with Crippen LogP contribution in [0.5, 0.6) is 0 Å². The summed E-state index contributed by atoms with van der Waals surface area (Å²) in [4.78, 5) is 53.0. The first kappa shape index (κ1) is 22.1. The molecule has 150 valence electrons. The third-order valence-electron chi connectivity index (χ3n) is 3.70. The summed E-state index contributed by atoms with van der Waals surface area (Å²) in [6.45, 7) is 1.28. The number of hydrogen-bond acceptors (Lipinski definition) is 7. The van der Waals surface area contributed by atoms with Gasteiger partial charge >= 0.3 is 11.9 Å². The third-order valence-corrected chi connectivity index (χ3v) is 3.70. The minimum Gasteiger partial charge on any atom is -0.481 e. The number of aliphatic carboxylic acids is 2. The molecule has 0 saturated carbocycles. The molecule has 1 rings (SSSR count). The zero-order valence-electron chi connectivity index (χ0n) is 14.6. The van der Waals surface area contributed by atoms with Crippen LogP contribution in [0.3, 0.4) is 0 Å². The van der Waals surface area contributed by atoms with Crippen LogP contribution in [-0.4, -0.2) is 73.3 Å². The number of carbonyl (C=O) groups excluding carboxylic acids is 2. The molecule has 0 aliphatic heterocycles. The number of H-pyrrole nitrogens is 1. The number of aromatic nitrogens is 2. The van der Waals surface area contributed by atoms with Gasteiger partial charge in [0.2, 0.25) is 11.8 Å². The van der Waals surface area contributed by atoms with E-state index in [0.717, 1.165) is 0 Å². The number of hydrogen-bond donors (Lipinski definition) is 7. The Hall–Kier alpha value is -2.99. The van der Waals surface area contributed by atoms with E-state index in [1.807, 2.05) is 0 Å². The molecule has 1 heterocycles. The van der Waals surface area contributed by atoms with E-state index >= 15 is 0 Å². The fourth-order valence-corrected chi connectivity index (χ4v) is 2.11. The van der Waals surface area contributed by atoms with Crippen LogP contribution in [0.2, 0.25) is 0 Å². The maximum absolute atomic E-state index is 12.4. The molecule has 27 heavy (non-hydrogen) atoms. The van der Waals surface area contributed by atoms with Gasteiger partial charge in [-0.05, 0) is 13.3 Å². The highest BCUT2D eigenvalue weighted by Gasteiger charge is 2.29. The molecule has 1 aromatic rings. The minimum absolute atomic E-state index is 0.0894. The van der Waals surface area contributed by atoms with Gasteiger partial charge in [0.1, 0.15) is 18.1 Å². The van der Waals surface area contributed by atoms with E-state index < -0.39 is 54.4 Å². The Labute approximate surface area is 154 Å². The first-order valence-corrected chi connectivity index (χ1v) is 8.08. The van der Waals surface area contributed by atoms with Gasteiger partial charge in [0.05, 0.1) is 12.4 Å². The van der Waals surface area contributed by atoms with Crippen molar-refractivity contribution >= 4 is 23.8 Å². The van der Waals surface area contributed by atoms with E-state index in [9.17, 15) is 29.4 Å². The van der Waals surface area contributed by atoms with Crippen LogP contribution in [0, 0.1) is 0 Å². The number of rotatable bonds is 11. The molecule has 12 nitrogen and oxygen atoms in total. The number of aromatic amines is 1. The lowest BCUT2D eigenvalue weighted by molar-refractivity contribution is -0.143. The number of carboxylic acids is 2. The molecule has 0 aromatic carbocycles. The van der Waals surface area contributed by atoms with Gasteiger partial charge in [-0.1, -0.05) is 0 Å². The SMILES string of the molecule is CC(O)C(N)C(=O)NC(CCC(=O)O)C(=O)NC(Cc1cnc[nH]1)C(=O)O. The lowest BCUT2D eigenvalue weighted by Crippen LogP contribution is -2.56. The Morgan fingerprint density at radius 3 is 2.30 bits per heavy atom. The number of carbonyl (C=O) groups is 4. The maximum Gasteiger partial charge on any atom is 0.326 e. The number of aliphatic hydroxyl groups is 1. The summed E-state index contributed by atoms with van der Waals surface area (Å²) < 4.78 is 0. The van der Waals surface area contributed by atoms with Crippen molar-refractivity contribution in [3.8, 4) is 0 Å². The normalized spacial score (nSPS) is 15.2. The Kier molecular flexibility index (Phi) is 8.35. The topological polar surface area (TPSA) is 208 Å². The monoisotopic (exact) mass is 385 g/mol. The number of aliphatic hydroxyl groups excluding tert-OH is 1. The van der Waals surface area contributed by atoms with Gasteiger partial charge in [-0.15, -0.1) is 0 Å². The van der Waals surface area contributed by atoms with E-state index in [1.54, 1.807) is 0 Å². The van der Waals surface area contributed by atoms with Gasteiger partial charge in [0.15, 0.2) is 0 Å². The van der Waals surface area contributed by atoms with Gasteiger partial charge < -0.3 is 36.7 Å². The van der Waals surface area contributed by atoms with Crippen LogP contribution in [0.4, 0.5) is 0 Å². The highest BCUT2D eigenvalue weighted by molar-refractivity contribution is 5.92. The Morgan fingerprint density at radius 1 is 1.19 bits per heavy atom. The van der Waals surface area contributed by atoms with Gasteiger partial charge in [-0.25, -0.2) is 9.78 Å². The second-order valence-electron chi connectivity index (χ2n) is 5.94. The number of nitrogens with one attached hydrogen (secondary N) is 3. The number of imidazole rings is 1. The molecule has 4 atom stereocenters. The van der Waals surface area contributed by atoms with Crippen molar-refractivity contribution in [2.75, 3.05) is 0 Å². The van der Waals surface area contributed by atoms with E-state index in [2.05, 4.69) is 20.6 Å². The van der Waals surface area contributed by atoms with Crippen LogP contribution in [0.15, 0.2) is 12.5 Å². The second kappa shape index (κ2) is 10.2. The molecular formula is C15H23N5O7. The molecular weight excluding hydrogens is 362 g/mol. The van der Waals surface area contributed by atoms with Gasteiger partial charge in [0, 0.05) is 24.7 Å². The molecule has 0 fully saturated rings. The highest BCUT2D eigenvalue weighted by atomic mass is 16.4. The van der Waals surface area contributed by atoms with Crippen molar-refractivity contribution in [1.29, 1.82) is 0 Å². The second-order valence-corrected chi connectivity index (χ2v) is 5.94. The summed E-state index contributed by atoms with van der Waals surface area (Å²) in [6.07, 6.45) is 0.738. The van der Waals surface area contributed by atoms with Gasteiger partial charge in [-0.2, -0.15) is 0 Å². The average Bonchev–Trinajstić information content (AvgIpc) is 3.09. The molecule has 8 N–H and O–H groups in total. The van der Waals surface area contributed by atoms with Crippen LogP contribution in [0.25, 0.3) is 0 Å². The summed E-state index contributed by atoms with van der Waals surface area (Å²) in [5, 5.41) is 31.9. The van der Waals surface area contributed by atoms with Crippen molar-refractivity contribution in [3.05, 3.63) is 18.2 Å². The molecule has 4 unspecified atom stereocenters. The van der Waals surface area contributed by atoms with Crippen LogP contribution in [-0.2, 0) is 25.6 Å². The molecule has 0 saturated heterocycles. The molecule has 0 radical (unpaired) electrons. The van der Waals surface area contributed by atoms with E-state index in [1.165, 1.54) is 19.4 Å². The quantitative estimate of drug-likeness (QED) is 0.216. The number of amides is 2. The minimum atomic E-state index is -1.33. The average molecular weight is 385 g/mol. The van der Waals surface area contributed by atoms with E-state index in [-0.39, 0.29) is 12.8 Å². The summed E-state index contributed by atoms with van der Waals surface area (Å²) in [7, 11) is 0. The predicted octanol–water partition coefficient (Wildman–Crippen LogP) is -2.42. The van der Waals surface area contributed by atoms with Crippen LogP contribution in [0.1, 0.15) is 25.5 Å². The van der Waals surface area contributed by atoms with Crippen molar-refractivity contribution in [2.45, 2.75) is 50.4 Å². The Bertz CT molecular complexity index is 662. The van der Waals surface area contributed by atoms with E-state index in [0.29, 0.717) is 5.69 Å². The lowest BCUT2D eigenvalue weighted by atomic mass is 10.1. The zero-order valence-corrected chi connectivity index (χ0v) is 14.6. The molecule has 2 amide bonds. The number of nitrogens with zero attached hydrogens (tertiary/aromatic N) is 1. The van der Waals surface area contributed by atoms with Gasteiger partial charge in [0.25, 0.3) is 0 Å². The first-order valence-electron chi connectivity index (χ1n) is 8.08. The molecule has 0 aliphatic carbocycles. The van der Waals surface area contributed by atoms with Crippen LogP contribution < -0.4 is 16.4 Å². The molecule has 0 bridgehead atoms. The first-order chi connectivity index (χ1) is 12.6. The molecule has 1 aromatic heterocycles. The Balaban J connectivity index is 2.84. The third kappa shape index (κ3) is 7.42. The largest absolute Gasteiger partial charge is 0.481 e. The van der Waals surface area contributed by atoms with Crippen molar-refractivity contribution in [2.24, 2.45) is 5.73 Å². The van der Waals surface area contributed by atoms with Crippen molar-refractivity contribution in [1.82, 2.24) is 20.6 Å². The van der Waals surface area contributed by atoms with Gasteiger partial charge in [-0.3, -0.25) is 14.4 Å². The fraction of sp³-hybridized carbons (Fsp3) is 0.533. The summed E-state index contributed by atoms with van der Waals surface area (Å²) >= 11 is 0. The number of carboxylic acid groups (broad SMARTS) is 2. The van der Waals surface area contributed by atoms with Crippen LogP contribution >= 0.6 is 0 Å². The van der Waals surface area contributed by atoms with Crippen molar-refractivity contribution < 1.29 is 34.5 Å². The fourth-order valence-electron chi connectivity index (χ4n) is 2.11. The lowest BCUT2D eigenvalue weighted by Gasteiger charge is -2.23. The summed E-state index contributed by atoms with van der Waals surface area (Å²) in [6, 6.07) is -3.99. The Morgan fingerprint density at radius 2 is 1.81 bits per heavy atom. The summed E-state index contributed by atoms with van der Waals surface area (Å²) in [5.74, 6) is -4.26. The summed E-state index contributed by atoms with van der Waals surface area (Å²) in [5.41, 5.74) is 5.95.